The molecule has 1 aliphatic rings. The van der Waals surface area contributed by atoms with Crippen LogP contribution in [0.1, 0.15) is 37.4 Å². The number of nitrogens with one attached hydrogen (secondary N) is 2. The lowest BCUT2D eigenvalue weighted by Gasteiger charge is -2.14. The number of aryl methyl sites for hydroxylation is 2. The molecule has 0 bridgehead atoms. The van der Waals surface area contributed by atoms with Gasteiger partial charge in [-0.15, -0.1) is 0 Å². The van der Waals surface area contributed by atoms with Gasteiger partial charge >= 0.3 is 6.09 Å². The summed E-state index contributed by atoms with van der Waals surface area (Å²) in [5, 5.41) is 13.1. The molecule has 2 amide bonds. The Morgan fingerprint density at radius 2 is 1.97 bits per heavy atom. The van der Waals surface area contributed by atoms with Crippen LogP contribution in [0.25, 0.3) is 11.1 Å². The number of aromatic nitrogens is 3. The van der Waals surface area contributed by atoms with Gasteiger partial charge in [0.1, 0.15) is 11.9 Å². The fraction of sp³-hybridized carbons (Fsp3) is 0.360. The van der Waals surface area contributed by atoms with E-state index in [-0.39, 0.29) is 19.0 Å². The number of halogens is 1. The molecule has 1 saturated heterocycles. The van der Waals surface area contributed by atoms with E-state index in [1.54, 1.807) is 18.3 Å². The Morgan fingerprint density at radius 3 is 2.68 bits per heavy atom. The van der Waals surface area contributed by atoms with Gasteiger partial charge in [-0.2, -0.15) is 15.4 Å². The van der Waals surface area contributed by atoms with Crippen molar-refractivity contribution in [1.82, 2.24) is 20.7 Å². The first-order chi connectivity index (χ1) is 16.5. The Balaban J connectivity index is 1.31. The Morgan fingerprint density at radius 1 is 1.18 bits per heavy atom. The number of benzene rings is 2. The Bertz CT molecular complexity index is 1120. The van der Waals surface area contributed by atoms with Gasteiger partial charge in [0.15, 0.2) is 0 Å². The number of hydrogen-bond donors (Lipinski definition) is 2. The molecule has 0 aliphatic carbocycles. The summed E-state index contributed by atoms with van der Waals surface area (Å²) in [7, 11) is 0. The van der Waals surface area contributed by atoms with Gasteiger partial charge in [-0.05, 0) is 55.0 Å². The molecule has 0 unspecified atom stereocenters. The second-order valence-electron chi connectivity index (χ2n) is 8.44. The molecule has 2 N–H and O–H groups in total. The topological polar surface area (TPSA) is 100 Å². The average Bonchev–Trinajstić information content (AvgIpc) is 3.47. The largest absolute Gasteiger partial charge is 0.442 e. The minimum absolute atomic E-state index is 0.196. The van der Waals surface area contributed by atoms with Crippen molar-refractivity contribution < 1.29 is 18.7 Å². The molecule has 4 rings (SSSR count). The van der Waals surface area contributed by atoms with Gasteiger partial charge in [-0.1, -0.05) is 30.7 Å². The fourth-order valence-corrected chi connectivity index (χ4v) is 4.01. The van der Waals surface area contributed by atoms with E-state index in [1.807, 2.05) is 24.3 Å². The highest BCUT2D eigenvalue weighted by Gasteiger charge is 2.32. The SMILES string of the molecule is CC(=O)NC[C@H]1CN(c2ccc(-c3ccc(CCCCCc4cn[nH]n4)cc3)c(F)c2)C(=O)O1. The number of cyclic esters (lactones) is 1. The molecule has 0 radical (unpaired) electrons. The molecule has 178 valence electrons. The van der Waals surface area contributed by atoms with Crippen LogP contribution in [0.3, 0.4) is 0 Å². The van der Waals surface area contributed by atoms with Gasteiger partial charge in [0, 0.05) is 12.5 Å². The van der Waals surface area contributed by atoms with E-state index in [4.69, 9.17) is 4.74 Å². The summed E-state index contributed by atoms with van der Waals surface area (Å²) in [6.07, 6.45) is 5.89. The third-order valence-corrected chi connectivity index (χ3v) is 5.85. The summed E-state index contributed by atoms with van der Waals surface area (Å²) in [6.45, 7) is 1.88. The van der Waals surface area contributed by atoms with E-state index < -0.39 is 18.0 Å². The highest BCUT2D eigenvalue weighted by atomic mass is 19.1. The van der Waals surface area contributed by atoms with E-state index >= 15 is 0 Å². The van der Waals surface area contributed by atoms with Gasteiger partial charge in [-0.3, -0.25) is 9.69 Å². The van der Waals surface area contributed by atoms with Gasteiger partial charge in [0.05, 0.1) is 30.7 Å². The van der Waals surface area contributed by atoms with Gasteiger partial charge < -0.3 is 10.1 Å². The van der Waals surface area contributed by atoms with Gasteiger partial charge in [0.25, 0.3) is 0 Å². The standard InChI is InChI=1S/C25H28FN5O3/c1-17(32)27-15-22-16-31(25(33)34-22)21-11-12-23(24(26)13-21)19-9-7-18(8-10-19)5-3-2-4-6-20-14-28-30-29-20/h7-14,22H,2-6,15-16H2,1H3,(H,27,32)(H,28,29,30)/t22-/m0/s1. The molecule has 1 aliphatic heterocycles. The van der Waals surface area contributed by atoms with Crippen molar-refractivity contribution in [2.45, 2.75) is 45.1 Å². The molecule has 0 saturated carbocycles. The highest BCUT2D eigenvalue weighted by Crippen LogP contribution is 2.29. The van der Waals surface area contributed by atoms with E-state index in [0.29, 0.717) is 11.3 Å². The van der Waals surface area contributed by atoms with Crippen molar-refractivity contribution >= 4 is 17.7 Å². The monoisotopic (exact) mass is 465 g/mol. The van der Waals surface area contributed by atoms with Crippen LogP contribution < -0.4 is 10.2 Å². The molecule has 1 fully saturated rings. The number of carbonyl (C=O) groups is 2. The number of H-pyrrole nitrogens is 1. The van der Waals surface area contributed by atoms with Crippen molar-refractivity contribution in [3.8, 4) is 11.1 Å². The number of ether oxygens (including phenoxy) is 1. The number of amides is 2. The van der Waals surface area contributed by atoms with E-state index in [0.717, 1.165) is 43.4 Å². The lowest BCUT2D eigenvalue weighted by atomic mass is 10.00. The predicted molar refractivity (Wildman–Crippen MR) is 126 cm³/mol. The summed E-state index contributed by atoms with van der Waals surface area (Å²) >= 11 is 0. The normalized spacial score (nSPS) is 15.4. The first-order valence-corrected chi connectivity index (χ1v) is 11.5. The average molecular weight is 466 g/mol. The molecule has 3 aromatic rings. The minimum Gasteiger partial charge on any atom is -0.442 e. The van der Waals surface area contributed by atoms with Gasteiger partial charge in [-0.25, -0.2) is 9.18 Å². The molecule has 2 aromatic carbocycles. The number of anilines is 1. The molecule has 1 aromatic heterocycles. The van der Waals surface area contributed by atoms with Gasteiger partial charge in [0.2, 0.25) is 5.91 Å². The molecule has 0 spiro atoms. The first kappa shape index (κ1) is 23.4. The van der Waals surface area contributed by atoms with E-state index in [1.165, 1.54) is 23.5 Å². The minimum atomic E-state index is -0.548. The van der Waals surface area contributed by atoms with Crippen LogP contribution in [0.2, 0.25) is 0 Å². The smallest absolute Gasteiger partial charge is 0.414 e. The zero-order valence-corrected chi connectivity index (χ0v) is 19.1. The number of nitrogens with zero attached hydrogens (tertiary/aromatic N) is 3. The Labute approximate surface area is 197 Å². The van der Waals surface area contributed by atoms with Crippen LogP contribution in [0.15, 0.2) is 48.7 Å². The Hall–Kier alpha value is -3.75. The van der Waals surface area contributed by atoms with Crippen molar-refractivity contribution in [2.75, 3.05) is 18.0 Å². The zero-order chi connectivity index (χ0) is 23.9. The maximum Gasteiger partial charge on any atom is 0.414 e. The van der Waals surface area contributed by atoms with E-state index in [9.17, 15) is 14.0 Å². The van der Waals surface area contributed by atoms with Crippen molar-refractivity contribution in [3.63, 3.8) is 0 Å². The van der Waals surface area contributed by atoms with Crippen LogP contribution in [0.4, 0.5) is 14.9 Å². The molecular weight excluding hydrogens is 437 g/mol. The van der Waals surface area contributed by atoms with Crippen LogP contribution in [0, 0.1) is 5.82 Å². The number of unbranched alkanes of at least 4 members (excludes halogenated alkanes) is 2. The molecule has 9 heteroatoms. The molecule has 34 heavy (non-hydrogen) atoms. The number of carbonyl (C=O) groups excluding carboxylic acids is 2. The van der Waals surface area contributed by atoms with Crippen LogP contribution >= 0.6 is 0 Å². The lowest BCUT2D eigenvalue weighted by molar-refractivity contribution is -0.119. The molecule has 2 heterocycles. The van der Waals surface area contributed by atoms with Crippen LogP contribution in [0.5, 0.6) is 0 Å². The molecule has 8 nitrogen and oxygen atoms in total. The molecular formula is C25H28FN5O3. The maximum absolute atomic E-state index is 14.9. The number of hydrogen-bond acceptors (Lipinski definition) is 5. The van der Waals surface area contributed by atoms with Crippen LogP contribution in [-0.4, -0.2) is 46.6 Å². The second-order valence-corrected chi connectivity index (χ2v) is 8.44. The fourth-order valence-electron chi connectivity index (χ4n) is 4.01. The van der Waals surface area contributed by atoms with Crippen molar-refractivity contribution in [3.05, 3.63) is 65.7 Å². The van der Waals surface area contributed by atoms with Crippen molar-refractivity contribution in [1.29, 1.82) is 0 Å². The number of rotatable bonds is 10. The number of aromatic amines is 1. The second kappa shape index (κ2) is 10.9. The maximum atomic E-state index is 14.9. The summed E-state index contributed by atoms with van der Waals surface area (Å²) in [4.78, 5) is 24.6. The summed E-state index contributed by atoms with van der Waals surface area (Å²) < 4.78 is 20.2. The third-order valence-electron chi connectivity index (χ3n) is 5.85. The van der Waals surface area contributed by atoms with Crippen LogP contribution in [-0.2, 0) is 22.4 Å². The summed E-state index contributed by atoms with van der Waals surface area (Å²) in [5.74, 6) is -0.602. The predicted octanol–water partition coefficient (Wildman–Crippen LogP) is 4.03. The quantitative estimate of drug-likeness (QED) is 0.441. The Kier molecular flexibility index (Phi) is 7.51. The highest BCUT2D eigenvalue weighted by molar-refractivity contribution is 5.90. The van der Waals surface area contributed by atoms with E-state index in [2.05, 4.69) is 20.7 Å². The lowest BCUT2D eigenvalue weighted by Crippen LogP contribution is -2.33. The third kappa shape index (κ3) is 5.98. The van der Waals surface area contributed by atoms with Crippen molar-refractivity contribution in [2.24, 2.45) is 0 Å². The summed E-state index contributed by atoms with van der Waals surface area (Å²) in [6, 6.07) is 12.7. The molecule has 1 atom stereocenters. The summed E-state index contributed by atoms with van der Waals surface area (Å²) in [5.41, 5.74) is 3.89. The first-order valence-electron chi connectivity index (χ1n) is 11.5. The zero-order valence-electron chi connectivity index (χ0n) is 19.1.